The molecule has 1 aliphatic rings. The number of aromatic nitrogens is 2. The highest BCUT2D eigenvalue weighted by molar-refractivity contribution is 5.76. The van der Waals surface area contributed by atoms with E-state index in [4.69, 9.17) is 10.7 Å². The number of nitrogens with two attached hydrogens (primary N) is 1. The molecule has 4 heteroatoms. The summed E-state index contributed by atoms with van der Waals surface area (Å²) >= 11 is 0. The molecule has 0 radical (unpaired) electrons. The SMILES string of the molecule is NCC1CCC(c2nc3ccccc3n2CCO)CC1. The Hall–Kier alpha value is -1.39. The third kappa shape index (κ3) is 2.45. The lowest BCUT2D eigenvalue weighted by Crippen LogP contribution is -2.22. The largest absolute Gasteiger partial charge is 0.395 e. The fourth-order valence-corrected chi connectivity index (χ4v) is 3.40. The van der Waals surface area contributed by atoms with Gasteiger partial charge in [-0.15, -0.1) is 0 Å². The summed E-state index contributed by atoms with van der Waals surface area (Å²) in [5.41, 5.74) is 7.95. The van der Waals surface area contributed by atoms with Crippen molar-refractivity contribution in [2.75, 3.05) is 13.2 Å². The van der Waals surface area contributed by atoms with Crippen molar-refractivity contribution < 1.29 is 5.11 Å². The molecule has 0 saturated heterocycles. The van der Waals surface area contributed by atoms with E-state index in [1.165, 1.54) is 12.8 Å². The molecule has 1 aromatic heterocycles. The molecule has 0 aliphatic heterocycles. The Kier molecular flexibility index (Phi) is 4.03. The molecule has 1 aliphatic carbocycles. The van der Waals surface area contributed by atoms with Gasteiger partial charge in [0.2, 0.25) is 0 Å². The monoisotopic (exact) mass is 273 g/mol. The number of hydrogen-bond donors (Lipinski definition) is 2. The Bertz CT molecular complexity index is 570. The maximum Gasteiger partial charge on any atom is 0.113 e. The fraction of sp³-hybridized carbons (Fsp3) is 0.562. The van der Waals surface area contributed by atoms with Crippen LogP contribution in [0.15, 0.2) is 24.3 Å². The number of benzene rings is 1. The third-order valence-electron chi connectivity index (χ3n) is 4.55. The molecule has 0 bridgehead atoms. The third-order valence-corrected chi connectivity index (χ3v) is 4.55. The Morgan fingerprint density at radius 3 is 2.65 bits per heavy atom. The minimum atomic E-state index is 0.158. The maximum absolute atomic E-state index is 9.34. The normalized spacial score (nSPS) is 23.3. The number of aliphatic hydroxyl groups is 1. The summed E-state index contributed by atoms with van der Waals surface area (Å²) < 4.78 is 2.20. The van der Waals surface area contributed by atoms with Gasteiger partial charge >= 0.3 is 0 Å². The minimum Gasteiger partial charge on any atom is -0.395 e. The second kappa shape index (κ2) is 5.94. The molecular weight excluding hydrogens is 250 g/mol. The first-order valence-electron chi connectivity index (χ1n) is 7.59. The van der Waals surface area contributed by atoms with E-state index in [0.29, 0.717) is 18.4 Å². The van der Waals surface area contributed by atoms with E-state index in [-0.39, 0.29) is 6.61 Å². The van der Waals surface area contributed by atoms with Crippen LogP contribution < -0.4 is 5.73 Å². The number of nitrogens with zero attached hydrogens (tertiary/aromatic N) is 2. The number of fused-ring (bicyclic) bond motifs is 1. The van der Waals surface area contributed by atoms with Crippen LogP contribution >= 0.6 is 0 Å². The summed E-state index contributed by atoms with van der Waals surface area (Å²) in [6, 6.07) is 8.20. The molecule has 0 atom stereocenters. The van der Waals surface area contributed by atoms with Crippen LogP contribution in [-0.2, 0) is 6.54 Å². The van der Waals surface area contributed by atoms with Crippen LogP contribution in [-0.4, -0.2) is 27.8 Å². The van der Waals surface area contributed by atoms with E-state index in [0.717, 1.165) is 36.2 Å². The first kappa shape index (κ1) is 13.6. The molecule has 0 spiro atoms. The van der Waals surface area contributed by atoms with Crippen molar-refractivity contribution in [3.8, 4) is 0 Å². The fourth-order valence-electron chi connectivity index (χ4n) is 3.40. The minimum absolute atomic E-state index is 0.158. The number of hydrogen-bond acceptors (Lipinski definition) is 3. The average Bonchev–Trinajstić information content (AvgIpc) is 2.87. The molecule has 3 rings (SSSR count). The lowest BCUT2D eigenvalue weighted by Gasteiger charge is -2.27. The molecule has 1 aromatic carbocycles. The topological polar surface area (TPSA) is 64.1 Å². The molecule has 1 saturated carbocycles. The predicted octanol–water partition coefficient (Wildman–Crippen LogP) is 2.26. The lowest BCUT2D eigenvalue weighted by atomic mass is 9.81. The Morgan fingerprint density at radius 1 is 1.20 bits per heavy atom. The molecular formula is C16H23N3O. The van der Waals surface area contributed by atoms with Crippen molar-refractivity contribution in [3.63, 3.8) is 0 Å². The Morgan fingerprint density at radius 2 is 1.95 bits per heavy atom. The van der Waals surface area contributed by atoms with Crippen molar-refractivity contribution in [1.29, 1.82) is 0 Å². The molecule has 108 valence electrons. The van der Waals surface area contributed by atoms with Crippen LogP contribution in [0.1, 0.15) is 37.4 Å². The van der Waals surface area contributed by atoms with Crippen molar-refractivity contribution in [3.05, 3.63) is 30.1 Å². The molecule has 1 fully saturated rings. The van der Waals surface area contributed by atoms with Gasteiger partial charge in [-0.25, -0.2) is 4.98 Å². The quantitative estimate of drug-likeness (QED) is 0.898. The van der Waals surface area contributed by atoms with E-state index in [9.17, 15) is 5.11 Å². The number of rotatable bonds is 4. The van der Waals surface area contributed by atoms with Crippen LogP contribution in [0.25, 0.3) is 11.0 Å². The van der Waals surface area contributed by atoms with Gasteiger partial charge in [0.05, 0.1) is 17.6 Å². The second-order valence-electron chi connectivity index (χ2n) is 5.79. The zero-order valence-electron chi connectivity index (χ0n) is 11.8. The standard InChI is InChI=1S/C16H23N3O/c17-11-12-5-7-13(8-6-12)16-18-14-3-1-2-4-15(14)19(16)9-10-20/h1-4,12-13,20H,5-11,17H2. The van der Waals surface area contributed by atoms with E-state index in [2.05, 4.69) is 16.7 Å². The van der Waals surface area contributed by atoms with E-state index in [1.54, 1.807) is 0 Å². The molecule has 0 unspecified atom stereocenters. The summed E-state index contributed by atoms with van der Waals surface area (Å²) in [4.78, 5) is 4.83. The summed E-state index contributed by atoms with van der Waals surface area (Å²) in [6.45, 7) is 1.60. The molecule has 3 N–H and O–H groups in total. The zero-order valence-corrected chi connectivity index (χ0v) is 11.8. The van der Waals surface area contributed by atoms with Crippen molar-refractivity contribution in [1.82, 2.24) is 9.55 Å². The summed E-state index contributed by atoms with van der Waals surface area (Å²) in [7, 11) is 0. The van der Waals surface area contributed by atoms with Crippen LogP contribution in [0.2, 0.25) is 0 Å². The first-order valence-corrected chi connectivity index (χ1v) is 7.59. The number of imidazole rings is 1. The second-order valence-corrected chi connectivity index (χ2v) is 5.79. The number of aliphatic hydroxyl groups excluding tert-OH is 1. The van der Waals surface area contributed by atoms with Crippen molar-refractivity contribution in [2.45, 2.75) is 38.1 Å². The van der Waals surface area contributed by atoms with Crippen LogP contribution in [0, 0.1) is 5.92 Å². The van der Waals surface area contributed by atoms with Crippen LogP contribution in [0.3, 0.4) is 0 Å². The summed E-state index contributed by atoms with van der Waals surface area (Å²) in [5.74, 6) is 2.34. The molecule has 20 heavy (non-hydrogen) atoms. The van der Waals surface area contributed by atoms with Gasteiger partial charge < -0.3 is 15.4 Å². The summed E-state index contributed by atoms with van der Waals surface area (Å²) in [5, 5.41) is 9.34. The predicted molar refractivity (Wildman–Crippen MR) is 80.6 cm³/mol. The van der Waals surface area contributed by atoms with E-state index < -0.39 is 0 Å². The first-order chi connectivity index (χ1) is 9.83. The van der Waals surface area contributed by atoms with Crippen molar-refractivity contribution >= 4 is 11.0 Å². The zero-order chi connectivity index (χ0) is 13.9. The number of para-hydroxylation sites is 2. The van der Waals surface area contributed by atoms with Gasteiger partial charge in [0.1, 0.15) is 5.82 Å². The van der Waals surface area contributed by atoms with Gasteiger partial charge in [-0.2, -0.15) is 0 Å². The van der Waals surface area contributed by atoms with Gasteiger partial charge in [0, 0.05) is 12.5 Å². The highest BCUT2D eigenvalue weighted by Crippen LogP contribution is 2.36. The van der Waals surface area contributed by atoms with Crippen LogP contribution in [0.4, 0.5) is 0 Å². The Labute approximate surface area is 119 Å². The molecule has 2 aromatic rings. The van der Waals surface area contributed by atoms with Gasteiger partial charge in [0.15, 0.2) is 0 Å². The Balaban J connectivity index is 1.92. The lowest BCUT2D eigenvalue weighted by molar-refractivity contribution is 0.269. The van der Waals surface area contributed by atoms with Gasteiger partial charge in [-0.05, 0) is 50.3 Å². The molecule has 4 nitrogen and oxygen atoms in total. The summed E-state index contributed by atoms with van der Waals surface area (Å²) in [6.07, 6.45) is 4.72. The van der Waals surface area contributed by atoms with Gasteiger partial charge in [0.25, 0.3) is 0 Å². The van der Waals surface area contributed by atoms with Crippen LogP contribution in [0.5, 0.6) is 0 Å². The van der Waals surface area contributed by atoms with Gasteiger partial charge in [-0.3, -0.25) is 0 Å². The van der Waals surface area contributed by atoms with Gasteiger partial charge in [-0.1, -0.05) is 12.1 Å². The highest BCUT2D eigenvalue weighted by atomic mass is 16.3. The molecule has 0 amide bonds. The van der Waals surface area contributed by atoms with E-state index in [1.807, 2.05) is 12.1 Å². The highest BCUT2D eigenvalue weighted by Gasteiger charge is 2.25. The molecule has 1 heterocycles. The smallest absolute Gasteiger partial charge is 0.113 e. The van der Waals surface area contributed by atoms with E-state index >= 15 is 0 Å². The maximum atomic E-state index is 9.34. The van der Waals surface area contributed by atoms with Crippen molar-refractivity contribution in [2.24, 2.45) is 11.7 Å². The average molecular weight is 273 g/mol.